The lowest BCUT2D eigenvalue weighted by Gasteiger charge is -2.21. The molecule has 1 aliphatic carbocycles. The second-order valence-electron chi connectivity index (χ2n) is 4.36. The van der Waals surface area contributed by atoms with Crippen LogP contribution >= 0.6 is 0 Å². The highest BCUT2D eigenvalue weighted by Gasteiger charge is 2.45. The first kappa shape index (κ1) is 9.66. The Balaban J connectivity index is 2.26. The van der Waals surface area contributed by atoms with Crippen LogP contribution in [0.1, 0.15) is 32.3 Å². The van der Waals surface area contributed by atoms with Crippen molar-refractivity contribution >= 4 is 0 Å². The molecule has 0 saturated heterocycles. The van der Waals surface area contributed by atoms with E-state index < -0.39 is 0 Å². The van der Waals surface area contributed by atoms with E-state index in [1.807, 2.05) is 12.1 Å². The van der Waals surface area contributed by atoms with Crippen molar-refractivity contribution in [1.29, 1.82) is 0 Å². The van der Waals surface area contributed by atoms with Gasteiger partial charge in [-0.1, -0.05) is 32.0 Å². The molecule has 0 atom stereocenters. The van der Waals surface area contributed by atoms with E-state index in [1.165, 1.54) is 6.07 Å². The van der Waals surface area contributed by atoms with Crippen molar-refractivity contribution in [2.24, 2.45) is 0 Å². The van der Waals surface area contributed by atoms with Gasteiger partial charge >= 0.3 is 0 Å². The number of nitrogens with one attached hydrogen (secondary N) is 1. The molecule has 2 heteroatoms. The molecule has 1 aliphatic rings. The van der Waals surface area contributed by atoms with Gasteiger partial charge in [0.15, 0.2) is 0 Å². The predicted molar refractivity (Wildman–Crippen MR) is 55.6 cm³/mol. The van der Waals surface area contributed by atoms with Gasteiger partial charge in [-0.3, -0.25) is 0 Å². The summed E-state index contributed by atoms with van der Waals surface area (Å²) in [5.74, 6) is -0.0850. The van der Waals surface area contributed by atoms with Crippen LogP contribution < -0.4 is 5.32 Å². The van der Waals surface area contributed by atoms with E-state index >= 15 is 0 Å². The molecular formula is C12H16FN. The Kier molecular flexibility index (Phi) is 2.31. The maximum Gasteiger partial charge on any atom is 0.128 e. The van der Waals surface area contributed by atoms with Crippen LogP contribution in [0.5, 0.6) is 0 Å². The van der Waals surface area contributed by atoms with Gasteiger partial charge < -0.3 is 5.32 Å². The molecule has 0 aliphatic heterocycles. The average Bonchev–Trinajstić information content (AvgIpc) is 2.85. The second-order valence-corrected chi connectivity index (χ2v) is 4.36. The summed E-state index contributed by atoms with van der Waals surface area (Å²) in [6, 6.07) is 7.47. The van der Waals surface area contributed by atoms with Crippen LogP contribution in [0.3, 0.4) is 0 Å². The van der Waals surface area contributed by atoms with E-state index in [4.69, 9.17) is 0 Å². The summed E-state index contributed by atoms with van der Waals surface area (Å²) >= 11 is 0. The van der Waals surface area contributed by atoms with Crippen molar-refractivity contribution in [1.82, 2.24) is 5.32 Å². The number of hydrogen-bond donors (Lipinski definition) is 1. The van der Waals surface area contributed by atoms with E-state index in [-0.39, 0.29) is 11.4 Å². The van der Waals surface area contributed by atoms with Crippen molar-refractivity contribution < 1.29 is 4.39 Å². The summed E-state index contributed by atoms with van der Waals surface area (Å²) in [4.78, 5) is 0. The number of rotatable bonds is 3. The molecule has 76 valence electrons. The molecule has 1 nitrogen and oxygen atoms in total. The lowest BCUT2D eigenvalue weighted by Crippen LogP contribution is -2.35. The Bertz CT molecular complexity index is 329. The van der Waals surface area contributed by atoms with Crippen LogP contribution in [0.25, 0.3) is 0 Å². The summed E-state index contributed by atoms with van der Waals surface area (Å²) in [6.07, 6.45) is 2.10. The Hall–Kier alpha value is -0.890. The molecule has 14 heavy (non-hydrogen) atoms. The zero-order valence-corrected chi connectivity index (χ0v) is 8.68. The van der Waals surface area contributed by atoms with Gasteiger partial charge in [-0.05, 0) is 18.9 Å². The van der Waals surface area contributed by atoms with Crippen LogP contribution in [0, 0.1) is 5.82 Å². The molecule has 0 amide bonds. The molecule has 1 aromatic carbocycles. The first-order chi connectivity index (χ1) is 6.64. The smallest absolute Gasteiger partial charge is 0.128 e. The van der Waals surface area contributed by atoms with Crippen molar-refractivity contribution in [2.75, 3.05) is 0 Å². The van der Waals surface area contributed by atoms with Crippen molar-refractivity contribution in [3.8, 4) is 0 Å². The maximum absolute atomic E-state index is 13.5. The van der Waals surface area contributed by atoms with E-state index in [9.17, 15) is 4.39 Å². The van der Waals surface area contributed by atoms with Gasteiger partial charge in [-0.25, -0.2) is 4.39 Å². The summed E-state index contributed by atoms with van der Waals surface area (Å²) in [5.41, 5.74) is 0.758. The quantitative estimate of drug-likeness (QED) is 0.778. The summed E-state index contributed by atoms with van der Waals surface area (Å²) in [6.45, 7) is 4.20. The van der Waals surface area contributed by atoms with Gasteiger partial charge in [0, 0.05) is 17.1 Å². The fourth-order valence-electron chi connectivity index (χ4n) is 2.02. The Morgan fingerprint density at radius 1 is 1.29 bits per heavy atom. The van der Waals surface area contributed by atoms with E-state index in [0.29, 0.717) is 6.04 Å². The molecule has 0 unspecified atom stereocenters. The topological polar surface area (TPSA) is 12.0 Å². The first-order valence-electron chi connectivity index (χ1n) is 5.17. The highest BCUT2D eigenvalue weighted by molar-refractivity contribution is 5.31. The first-order valence-corrected chi connectivity index (χ1v) is 5.17. The zero-order chi connectivity index (χ0) is 10.2. The fourth-order valence-corrected chi connectivity index (χ4v) is 2.02. The highest BCUT2D eigenvalue weighted by atomic mass is 19.1. The Labute approximate surface area is 84.3 Å². The van der Waals surface area contributed by atoms with E-state index in [2.05, 4.69) is 19.2 Å². The molecule has 0 radical (unpaired) electrons. The van der Waals surface area contributed by atoms with Gasteiger partial charge in [0.2, 0.25) is 0 Å². The third-order valence-corrected chi connectivity index (χ3v) is 2.70. The lowest BCUT2D eigenvalue weighted by atomic mass is 10.0. The summed E-state index contributed by atoms with van der Waals surface area (Å²) in [7, 11) is 0. The minimum atomic E-state index is -0.0850. The van der Waals surface area contributed by atoms with Crippen LogP contribution in [0.15, 0.2) is 24.3 Å². The molecule has 0 heterocycles. The Morgan fingerprint density at radius 2 is 1.93 bits per heavy atom. The fraction of sp³-hybridized carbons (Fsp3) is 0.500. The summed E-state index contributed by atoms with van der Waals surface area (Å²) in [5, 5.41) is 3.45. The second kappa shape index (κ2) is 3.35. The van der Waals surface area contributed by atoms with E-state index in [0.717, 1.165) is 18.4 Å². The minimum absolute atomic E-state index is 0.0699. The SMILES string of the molecule is CC(C)NC1(c2ccccc2F)CC1. The van der Waals surface area contributed by atoms with Crippen molar-refractivity contribution in [3.63, 3.8) is 0 Å². The van der Waals surface area contributed by atoms with Crippen LogP contribution in [-0.4, -0.2) is 6.04 Å². The van der Waals surface area contributed by atoms with Crippen molar-refractivity contribution in [3.05, 3.63) is 35.6 Å². The molecule has 0 bridgehead atoms. The third-order valence-electron chi connectivity index (χ3n) is 2.70. The highest BCUT2D eigenvalue weighted by Crippen LogP contribution is 2.46. The normalized spacial score (nSPS) is 18.6. The minimum Gasteiger partial charge on any atom is -0.305 e. The van der Waals surface area contributed by atoms with Crippen LogP contribution in [0.4, 0.5) is 4.39 Å². The maximum atomic E-state index is 13.5. The van der Waals surface area contributed by atoms with Gasteiger partial charge in [0.25, 0.3) is 0 Å². The number of benzene rings is 1. The Morgan fingerprint density at radius 3 is 2.43 bits per heavy atom. The molecule has 2 rings (SSSR count). The summed E-state index contributed by atoms with van der Waals surface area (Å²) < 4.78 is 13.5. The molecule has 0 spiro atoms. The zero-order valence-electron chi connectivity index (χ0n) is 8.68. The average molecular weight is 193 g/mol. The molecule has 1 N–H and O–H groups in total. The number of halogens is 1. The van der Waals surface area contributed by atoms with Crippen LogP contribution in [0.2, 0.25) is 0 Å². The molecular weight excluding hydrogens is 177 g/mol. The standard InChI is InChI=1S/C12H16FN/c1-9(2)14-12(7-8-12)10-5-3-4-6-11(10)13/h3-6,9,14H,7-8H2,1-2H3. The molecule has 1 fully saturated rings. The largest absolute Gasteiger partial charge is 0.305 e. The van der Waals surface area contributed by atoms with Gasteiger partial charge in [-0.2, -0.15) is 0 Å². The molecule has 1 saturated carbocycles. The van der Waals surface area contributed by atoms with E-state index in [1.54, 1.807) is 6.07 Å². The number of hydrogen-bond acceptors (Lipinski definition) is 1. The van der Waals surface area contributed by atoms with Gasteiger partial charge in [0.05, 0.1) is 0 Å². The van der Waals surface area contributed by atoms with Gasteiger partial charge in [-0.15, -0.1) is 0 Å². The lowest BCUT2D eigenvalue weighted by molar-refractivity contribution is 0.442. The van der Waals surface area contributed by atoms with Crippen LogP contribution in [-0.2, 0) is 5.54 Å². The van der Waals surface area contributed by atoms with Crippen molar-refractivity contribution in [2.45, 2.75) is 38.3 Å². The monoisotopic (exact) mass is 193 g/mol. The molecule has 0 aromatic heterocycles. The molecule has 1 aromatic rings. The van der Waals surface area contributed by atoms with Gasteiger partial charge in [0.1, 0.15) is 5.82 Å². The predicted octanol–water partition coefficient (Wildman–Crippen LogP) is 2.81. The third kappa shape index (κ3) is 1.67.